The molecule has 0 bridgehead atoms. The highest BCUT2D eigenvalue weighted by atomic mass is 16.7. The molecule has 0 amide bonds. The third-order valence-electron chi connectivity index (χ3n) is 2.45. The summed E-state index contributed by atoms with van der Waals surface area (Å²) in [5.74, 6) is 1.49. The van der Waals surface area contributed by atoms with Crippen LogP contribution in [0.15, 0.2) is 0 Å². The van der Waals surface area contributed by atoms with Crippen LogP contribution in [0, 0.1) is 5.92 Å². The lowest BCUT2D eigenvalue weighted by atomic mass is 9.89. The van der Waals surface area contributed by atoms with Crippen molar-refractivity contribution in [1.29, 1.82) is 0 Å². The van der Waals surface area contributed by atoms with Crippen molar-refractivity contribution in [2.24, 2.45) is 0 Å². The number of hydrogen-bond donors (Lipinski definition) is 0. The predicted octanol–water partition coefficient (Wildman–Crippen LogP) is 1.90. The van der Waals surface area contributed by atoms with E-state index >= 15 is 0 Å². The lowest BCUT2D eigenvalue weighted by molar-refractivity contribution is -0.0371. The van der Waals surface area contributed by atoms with Gasteiger partial charge in [-0.3, -0.25) is 0 Å². The molecule has 2 heteroatoms. The second-order valence-corrected chi connectivity index (χ2v) is 3.29. The predicted molar refractivity (Wildman–Crippen MR) is 42.0 cm³/mol. The Morgan fingerprint density at radius 3 is 2.18 bits per heavy atom. The van der Waals surface area contributed by atoms with E-state index in [0.717, 1.165) is 13.2 Å². The fourth-order valence-corrected chi connectivity index (χ4v) is 1.84. The minimum Gasteiger partial charge on any atom is -0.350 e. The van der Waals surface area contributed by atoms with Crippen LogP contribution in [-0.4, -0.2) is 19.5 Å². The van der Waals surface area contributed by atoms with Crippen molar-refractivity contribution in [2.45, 2.75) is 38.4 Å². The van der Waals surface area contributed by atoms with Gasteiger partial charge >= 0.3 is 0 Å². The topological polar surface area (TPSA) is 18.5 Å². The normalized spacial score (nSPS) is 29.5. The Hall–Kier alpha value is -0.0800. The molecule has 2 fully saturated rings. The SMILES string of the molecule is C1CC[C](C2OCCO2)CC1. The lowest BCUT2D eigenvalue weighted by Gasteiger charge is -2.24. The Morgan fingerprint density at radius 1 is 0.909 bits per heavy atom. The van der Waals surface area contributed by atoms with Gasteiger partial charge in [0.05, 0.1) is 13.2 Å². The van der Waals surface area contributed by atoms with Crippen molar-refractivity contribution in [2.75, 3.05) is 13.2 Å². The molecule has 1 heterocycles. The number of rotatable bonds is 1. The van der Waals surface area contributed by atoms with Crippen molar-refractivity contribution in [3.05, 3.63) is 5.92 Å². The van der Waals surface area contributed by atoms with Crippen LogP contribution in [0.4, 0.5) is 0 Å². The Kier molecular flexibility index (Phi) is 2.44. The first kappa shape index (κ1) is 7.56. The highest BCUT2D eigenvalue weighted by Crippen LogP contribution is 2.31. The molecular weight excluding hydrogens is 140 g/mol. The van der Waals surface area contributed by atoms with E-state index in [1.807, 2.05) is 0 Å². The van der Waals surface area contributed by atoms with E-state index in [-0.39, 0.29) is 6.29 Å². The molecule has 0 aromatic carbocycles. The zero-order valence-corrected chi connectivity index (χ0v) is 6.84. The molecule has 0 atom stereocenters. The summed E-state index contributed by atoms with van der Waals surface area (Å²) >= 11 is 0. The van der Waals surface area contributed by atoms with Crippen LogP contribution in [-0.2, 0) is 9.47 Å². The van der Waals surface area contributed by atoms with Crippen LogP contribution in [0.1, 0.15) is 32.1 Å². The van der Waals surface area contributed by atoms with Crippen LogP contribution in [0.3, 0.4) is 0 Å². The molecule has 2 rings (SSSR count). The second kappa shape index (κ2) is 3.55. The minimum atomic E-state index is 0.0651. The van der Waals surface area contributed by atoms with Crippen molar-refractivity contribution >= 4 is 0 Å². The van der Waals surface area contributed by atoms with Gasteiger partial charge in [0.1, 0.15) is 0 Å². The minimum absolute atomic E-state index is 0.0651. The van der Waals surface area contributed by atoms with Gasteiger partial charge in [0.15, 0.2) is 6.29 Å². The molecule has 2 nitrogen and oxygen atoms in total. The van der Waals surface area contributed by atoms with Crippen molar-refractivity contribution in [3.63, 3.8) is 0 Å². The molecule has 1 aliphatic carbocycles. The van der Waals surface area contributed by atoms with E-state index in [1.165, 1.54) is 38.0 Å². The quantitative estimate of drug-likeness (QED) is 0.575. The summed E-state index contributed by atoms with van der Waals surface area (Å²) < 4.78 is 10.9. The first-order valence-corrected chi connectivity index (χ1v) is 4.54. The maximum atomic E-state index is 5.43. The van der Waals surface area contributed by atoms with E-state index < -0.39 is 0 Å². The first-order chi connectivity index (χ1) is 5.47. The molecule has 0 N–H and O–H groups in total. The van der Waals surface area contributed by atoms with E-state index in [4.69, 9.17) is 9.47 Å². The Balaban J connectivity index is 1.82. The Bertz CT molecular complexity index is 113. The van der Waals surface area contributed by atoms with Crippen molar-refractivity contribution in [3.8, 4) is 0 Å². The molecule has 0 aromatic rings. The van der Waals surface area contributed by atoms with Crippen LogP contribution >= 0.6 is 0 Å². The molecule has 1 saturated heterocycles. The van der Waals surface area contributed by atoms with Gasteiger partial charge in [0.25, 0.3) is 0 Å². The second-order valence-electron chi connectivity index (χ2n) is 3.29. The van der Waals surface area contributed by atoms with E-state index in [2.05, 4.69) is 0 Å². The third kappa shape index (κ3) is 1.74. The summed E-state index contributed by atoms with van der Waals surface area (Å²) in [6.07, 6.45) is 6.57. The molecule has 11 heavy (non-hydrogen) atoms. The standard InChI is InChI=1S/C9H15O2/c1-2-4-8(5-3-1)9-10-6-7-11-9/h9H,1-7H2. The smallest absolute Gasteiger partial charge is 0.164 e. The number of hydrogen-bond acceptors (Lipinski definition) is 2. The maximum Gasteiger partial charge on any atom is 0.164 e. The summed E-state index contributed by atoms with van der Waals surface area (Å²) in [5, 5.41) is 0. The van der Waals surface area contributed by atoms with Crippen molar-refractivity contribution < 1.29 is 9.47 Å². The van der Waals surface area contributed by atoms with Crippen LogP contribution in [0.2, 0.25) is 0 Å². The Morgan fingerprint density at radius 2 is 1.55 bits per heavy atom. The van der Waals surface area contributed by atoms with Crippen molar-refractivity contribution in [1.82, 2.24) is 0 Å². The fraction of sp³-hybridized carbons (Fsp3) is 0.889. The monoisotopic (exact) mass is 155 g/mol. The van der Waals surface area contributed by atoms with Gasteiger partial charge < -0.3 is 9.47 Å². The summed E-state index contributed by atoms with van der Waals surface area (Å²) in [6.45, 7) is 1.57. The van der Waals surface area contributed by atoms with E-state index in [1.54, 1.807) is 0 Å². The molecule has 1 radical (unpaired) electrons. The van der Waals surface area contributed by atoms with Gasteiger partial charge in [-0.1, -0.05) is 19.3 Å². The lowest BCUT2D eigenvalue weighted by Crippen LogP contribution is -2.21. The molecule has 0 aromatic heterocycles. The molecule has 2 aliphatic rings. The molecule has 0 spiro atoms. The fourth-order valence-electron chi connectivity index (χ4n) is 1.84. The molecular formula is C9H15O2. The third-order valence-corrected chi connectivity index (χ3v) is 2.45. The van der Waals surface area contributed by atoms with Gasteiger partial charge in [0, 0.05) is 5.92 Å². The first-order valence-electron chi connectivity index (χ1n) is 4.54. The summed E-state index contributed by atoms with van der Waals surface area (Å²) in [6, 6.07) is 0. The average molecular weight is 155 g/mol. The van der Waals surface area contributed by atoms with Gasteiger partial charge in [-0.05, 0) is 12.8 Å². The van der Waals surface area contributed by atoms with Gasteiger partial charge in [0.2, 0.25) is 0 Å². The van der Waals surface area contributed by atoms with Crippen LogP contribution in [0.25, 0.3) is 0 Å². The summed E-state index contributed by atoms with van der Waals surface area (Å²) in [5.41, 5.74) is 0. The van der Waals surface area contributed by atoms with Gasteiger partial charge in [-0.2, -0.15) is 0 Å². The largest absolute Gasteiger partial charge is 0.350 e. The number of ether oxygens (including phenoxy) is 2. The van der Waals surface area contributed by atoms with Gasteiger partial charge in [-0.25, -0.2) is 0 Å². The molecule has 0 unspecified atom stereocenters. The maximum absolute atomic E-state index is 5.43. The highest BCUT2D eigenvalue weighted by Gasteiger charge is 2.28. The van der Waals surface area contributed by atoms with E-state index in [9.17, 15) is 0 Å². The average Bonchev–Trinajstić information content (AvgIpc) is 2.58. The zero-order valence-electron chi connectivity index (χ0n) is 6.84. The van der Waals surface area contributed by atoms with Crippen LogP contribution < -0.4 is 0 Å². The summed E-state index contributed by atoms with van der Waals surface area (Å²) in [7, 11) is 0. The molecule has 1 aliphatic heterocycles. The Labute approximate surface area is 67.9 Å². The van der Waals surface area contributed by atoms with Gasteiger partial charge in [-0.15, -0.1) is 0 Å². The van der Waals surface area contributed by atoms with E-state index in [0.29, 0.717) is 0 Å². The highest BCUT2D eigenvalue weighted by molar-refractivity contribution is 4.97. The van der Waals surface area contributed by atoms with Crippen LogP contribution in [0.5, 0.6) is 0 Å². The zero-order chi connectivity index (χ0) is 7.52. The summed E-state index contributed by atoms with van der Waals surface area (Å²) in [4.78, 5) is 0. The molecule has 63 valence electrons. The molecule has 1 saturated carbocycles.